The first-order valence-electron chi connectivity index (χ1n) is 9.37. The number of likely N-dealkylation sites (N-methyl/N-ethyl adjacent to an activating group) is 1. The van der Waals surface area contributed by atoms with Gasteiger partial charge in [-0.25, -0.2) is 13.9 Å². The molecule has 2 aromatic carbocycles. The van der Waals surface area contributed by atoms with Crippen molar-refractivity contribution in [2.24, 2.45) is 0 Å². The van der Waals surface area contributed by atoms with E-state index in [0.29, 0.717) is 11.3 Å². The predicted octanol–water partition coefficient (Wildman–Crippen LogP) is 4.36. The van der Waals surface area contributed by atoms with Crippen LogP contribution in [0.2, 0.25) is 0 Å². The van der Waals surface area contributed by atoms with Crippen molar-refractivity contribution >= 4 is 17.2 Å². The summed E-state index contributed by atoms with van der Waals surface area (Å²) < 4.78 is 15.2. The molecule has 146 valence electrons. The molecule has 29 heavy (non-hydrogen) atoms. The third kappa shape index (κ3) is 3.61. The first kappa shape index (κ1) is 18.8. The highest BCUT2D eigenvalue weighted by Crippen LogP contribution is 2.28. The fourth-order valence-electron chi connectivity index (χ4n) is 3.43. The zero-order valence-corrected chi connectivity index (χ0v) is 16.6. The lowest BCUT2D eigenvalue weighted by molar-refractivity contribution is -0.117. The average molecular weight is 388 g/mol. The Bertz CT molecular complexity index is 1180. The molecule has 0 unspecified atom stereocenters. The van der Waals surface area contributed by atoms with E-state index in [-0.39, 0.29) is 18.1 Å². The summed E-state index contributed by atoms with van der Waals surface area (Å²) >= 11 is 0. The molecule has 0 aliphatic carbocycles. The van der Waals surface area contributed by atoms with Crippen LogP contribution < -0.4 is 4.90 Å². The molecule has 0 spiro atoms. The van der Waals surface area contributed by atoms with Gasteiger partial charge in [-0.1, -0.05) is 18.2 Å². The normalized spacial score (nSPS) is 11.0. The van der Waals surface area contributed by atoms with Crippen LogP contribution in [0.25, 0.3) is 16.9 Å². The van der Waals surface area contributed by atoms with E-state index in [1.807, 2.05) is 50.2 Å². The Hall–Kier alpha value is -3.54. The lowest BCUT2D eigenvalue weighted by atomic mass is 10.0. The van der Waals surface area contributed by atoms with Gasteiger partial charge in [-0.05, 0) is 56.3 Å². The van der Waals surface area contributed by atoms with Crippen molar-refractivity contribution in [1.82, 2.24) is 14.6 Å². The summed E-state index contributed by atoms with van der Waals surface area (Å²) in [6.07, 6.45) is 0.136. The van der Waals surface area contributed by atoms with Crippen LogP contribution in [0, 0.1) is 19.7 Å². The summed E-state index contributed by atoms with van der Waals surface area (Å²) in [4.78, 5) is 19.3. The Balaban J connectivity index is 1.82. The first-order chi connectivity index (χ1) is 13.9. The smallest absolute Gasteiger partial charge is 0.231 e. The molecule has 5 nitrogen and oxygen atoms in total. The summed E-state index contributed by atoms with van der Waals surface area (Å²) in [5.41, 5.74) is 5.36. The van der Waals surface area contributed by atoms with E-state index in [2.05, 4.69) is 4.98 Å². The minimum absolute atomic E-state index is 0.0737. The third-order valence-corrected chi connectivity index (χ3v) is 4.95. The zero-order chi connectivity index (χ0) is 20.5. The number of benzene rings is 2. The Kier molecular flexibility index (Phi) is 4.84. The average Bonchev–Trinajstić information content (AvgIpc) is 3.07. The monoisotopic (exact) mass is 388 g/mol. The van der Waals surface area contributed by atoms with Crippen molar-refractivity contribution in [2.75, 3.05) is 11.9 Å². The molecule has 0 atom stereocenters. The predicted molar refractivity (Wildman–Crippen MR) is 111 cm³/mol. The highest BCUT2D eigenvalue weighted by Gasteiger charge is 2.22. The molecule has 2 aromatic heterocycles. The number of para-hydroxylation sites is 1. The number of halogens is 1. The molecule has 4 rings (SSSR count). The molecule has 0 radical (unpaired) electrons. The second kappa shape index (κ2) is 7.47. The summed E-state index contributed by atoms with van der Waals surface area (Å²) in [5, 5.41) is 4.70. The maximum absolute atomic E-state index is 13.4. The van der Waals surface area contributed by atoms with Crippen LogP contribution >= 0.6 is 0 Å². The van der Waals surface area contributed by atoms with Crippen LogP contribution in [0.5, 0.6) is 0 Å². The van der Waals surface area contributed by atoms with Crippen LogP contribution in [0.15, 0.2) is 60.7 Å². The number of rotatable bonds is 4. The number of nitrogens with zero attached hydrogens (tertiary/aromatic N) is 4. The maximum Gasteiger partial charge on any atom is 0.231 e. The van der Waals surface area contributed by atoms with E-state index in [1.54, 1.807) is 28.6 Å². The van der Waals surface area contributed by atoms with Gasteiger partial charge in [0.25, 0.3) is 0 Å². The van der Waals surface area contributed by atoms with Gasteiger partial charge in [0.05, 0.1) is 12.1 Å². The fraction of sp³-hybridized carbons (Fsp3) is 0.174. The molecule has 6 heteroatoms. The van der Waals surface area contributed by atoms with Gasteiger partial charge in [-0.15, -0.1) is 0 Å². The highest BCUT2D eigenvalue weighted by molar-refractivity contribution is 5.96. The number of anilines is 1. The Morgan fingerprint density at radius 1 is 1.07 bits per heavy atom. The minimum atomic E-state index is -0.316. The number of carbonyl (C=O) groups excluding carboxylic acids is 1. The molecule has 0 saturated carbocycles. The van der Waals surface area contributed by atoms with Gasteiger partial charge in [-0.2, -0.15) is 5.10 Å². The summed E-state index contributed by atoms with van der Waals surface area (Å²) in [5.74, 6) is -0.389. The largest absolute Gasteiger partial charge is 0.315 e. The number of aromatic nitrogens is 3. The number of aryl methyl sites for hydroxylation is 2. The lowest BCUT2D eigenvalue weighted by Gasteiger charge is -2.17. The second-order valence-electron chi connectivity index (χ2n) is 7.07. The summed E-state index contributed by atoms with van der Waals surface area (Å²) in [7, 11) is 1.75. The van der Waals surface area contributed by atoms with Gasteiger partial charge < -0.3 is 4.90 Å². The van der Waals surface area contributed by atoms with Gasteiger partial charge in [0.1, 0.15) is 5.82 Å². The first-order valence-corrected chi connectivity index (χ1v) is 9.37. The molecule has 2 heterocycles. The minimum Gasteiger partial charge on any atom is -0.315 e. The third-order valence-electron chi connectivity index (χ3n) is 4.95. The van der Waals surface area contributed by atoms with Crippen LogP contribution in [0.3, 0.4) is 0 Å². The maximum atomic E-state index is 13.4. The standard InChI is InChI=1S/C23H21FN4O/c1-15-13-16(2)28-23(25-15)20(22(26-28)17-9-11-18(24)12-10-17)14-21(29)27(3)19-7-5-4-6-8-19/h4-13H,14H2,1-3H3. The number of hydrogen-bond donors (Lipinski definition) is 0. The number of carbonyl (C=O) groups is 1. The van der Waals surface area contributed by atoms with E-state index >= 15 is 0 Å². The van der Waals surface area contributed by atoms with Crippen molar-refractivity contribution in [2.45, 2.75) is 20.3 Å². The number of hydrogen-bond acceptors (Lipinski definition) is 3. The molecule has 0 aliphatic rings. The Labute approximate surface area is 168 Å². The molecule has 0 saturated heterocycles. The summed E-state index contributed by atoms with van der Waals surface area (Å²) in [6.45, 7) is 3.87. The number of amides is 1. The molecule has 0 aliphatic heterocycles. The molecular weight excluding hydrogens is 367 g/mol. The quantitative estimate of drug-likeness (QED) is 0.522. The van der Waals surface area contributed by atoms with Gasteiger partial charge in [0.2, 0.25) is 5.91 Å². The lowest BCUT2D eigenvalue weighted by Crippen LogP contribution is -2.28. The van der Waals surface area contributed by atoms with E-state index in [4.69, 9.17) is 5.10 Å². The van der Waals surface area contributed by atoms with Gasteiger partial charge in [0.15, 0.2) is 5.65 Å². The van der Waals surface area contributed by atoms with Crippen LogP contribution in [-0.4, -0.2) is 27.6 Å². The van der Waals surface area contributed by atoms with E-state index in [0.717, 1.165) is 28.2 Å². The van der Waals surface area contributed by atoms with E-state index in [9.17, 15) is 9.18 Å². The molecule has 0 bridgehead atoms. The zero-order valence-electron chi connectivity index (χ0n) is 16.6. The van der Waals surface area contributed by atoms with Crippen molar-refractivity contribution < 1.29 is 9.18 Å². The molecule has 0 fully saturated rings. The van der Waals surface area contributed by atoms with Crippen LogP contribution in [0.4, 0.5) is 10.1 Å². The molecule has 0 N–H and O–H groups in total. The van der Waals surface area contributed by atoms with Crippen molar-refractivity contribution in [1.29, 1.82) is 0 Å². The Morgan fingerprint density at radius 2 is 1.76 bits per heavy atom. The van der Waals surface area contributed by atoms with E-state index in [1.165, 1.54) is 12.1 Å². The van der Waals surface area contributed by atoms with Crippen molar-refractivity contribution in [3.05, 3.63) is 83.4 Å². The topological polar surface area (TPSA) is 50.5 Å². The molecular formula is C23H21FN4O. The second-order valence-corrected chi connectivity index (χ2v) is 7.07. The van der Waals surface area contributed by atoms with Crippen molar-refractivity contribution in [3.8, 4) is 11.3 Å². The van der Waals surface area contributed by atoms with Gasteiger partial charge in [0, 0.05) is 35.2 Å². The highest BCUT2D eigenvalue weighted by atomic mass is 19.1. The Morgan fingerprint density at radius 3 is 2.45 bits per heavy atom. The van der Waals surface area contributed by atoms with Gasteiger partial charge in [-0.3, -0.25) is 4.79 Å². The molecule has 1 amide bonds. The number of fused-ring (bicyclic) bond motifs is 1. The SMILES string of the molecule is Cc1cc(C)n2nc(-c3ccc(F)cc3)c(CC(=O)N(C)c3ccccc3)c2n1. The fourth-order valence-corrected chi connectivity index (χ4v) is 3.43. The van der Waals surface area contributed by atoms with Crippen molar-refractivity contribution in [3.63, 3.8) is 0 Å². The van der Waals surface area contributed by atoms with E-state index < -0.39 is 0 Å². The van der Waals surface area contributed by atoms with Crippen LogP contribution in [0.1, 0.15) is 17.0 Å². The molecule has 4 aromatic rings. The van der Waals surface area contributed by atoms with Crippen LogP contribution in [-0.2, 0) is 11.2 Å². The van der Waals surface area contributed by atoms with Gasteiger partial charge >= 0.3 is 0 Å². The summed E-state index contributed by atoms with van der Waals surface area (Å²) in [6, 6.07) is 17.6.